The normalized spacial score (nSPS) is 13.2. The van der Waals surface area contributed by atoms with Gasteiger partial charge in [0, 0.05) is 18.2 Å². The Balaban J connectivity index is 2.35. The van der Waals surface area contributed by atoms with Crippen LogP contribution in [0.3, 0.4) is 0 Å². The molecular formula is C13H7F2N3O4. The molecule has 9 heteroatoms. The summed E-state index contributed by atoms with van der Waals surface area (Å²) in [6.07, 6.45) is 0. The number of anilines is 1. The Morgan fingerprint density at radius 2 is 1.64 bits per heavy atom. The molecule has 0 aliphatic carbocycles. The van der Waals surface area contributed by atoms with Gasteiger partial charge in [0.2, 0.25) is 0 Å². The molecule has 2 aromatic rings. The molecule has 7 nitrogen and oxygen atoms in total. The predicted molar refractivity (Wildman–Crippen MR) is 69.8 cm³/mol. The lowest BCUT2D eigenvalue weighted by Crippen LogP contribution is -2.24. The maximum atomic E-state index is 13.4. The lowest BCUT2D eigenvalue weighted by molar-refractivity contribution is 0.0880. The lowest BCUT2D eigenvalue weighted by atomic mass is 10.1. The van der Waals surface area contributed by atoms with Crippen LogP contribution in [0.5, 0.6) is 5.75 Å². The maximum Gasteiger partial charge on any atom is 0.262 e. The van der Waals surface area contributed by atoms with Crippen molar-refractivity contribution in [3.05, 3.63) is 51.3 Å². The van der Waals surface area contributed by atoms with Crippen molar-refractivity contribution in [2.24, 2.45) is 0 Å². The number of phenolic OH excluding ortho intramolecular Hbond substituents is 1. The first kappa shape index (κ1) is 13.7. The SMILES string of the molecule is Nc1c2c(cc(=O)n1-c1cc(F)c(O)c(F)c1)C(=O)NC2=O. The van der Waals surface area contributed by atoms with Gasteiger partial charge in [0.05, 0.1) is 16.8 Å². The quantitative estimate of drug-likeness (QED) is 0.655. The predicted octanol–water partition coefficient (Wildman–Crippen LogP) is 0.287. The highest BCUT2D eigenvalue weighted by molar-refractivity contribution is 6.23. The largest absolute Gasteiger partial charge is 0.503 e. The monoisotopic (exact) mass is 307 g/mol. The molecule has 0 atom stereocenters. The molecule has 0 spiro atoms. The molecule has 0 bridgehead atoms. The van der Waals surface area contributed by atoms with E-state index in [9.17, 15) is 23.2 Å². The van der Waals surface area contributed by atoms with Crippen LogP contribution < -0.4 is 16.6 Å². The van der Waals surface area contributed by atoms with E-state index in [1.807, 2.05) is 5.32 Å². The number of amides is 2. The highest BCUT2D eigenvalue weighted by Crippen LogP contribution is 2.26. The summed E-state index contributed by atoms with van der Waals surface area (Å²) in [6.45, 7) is 0. The summed E-state index contributed by atoms with van der Waals surface area (Å²) in [4.78, 5) is 35.2. The molecule has 1 aliphatic rings. The Morgan fingerprint density at radius 3 is 2.23 bits per heavy atom. The third-order valence-electron chi connectivity index (χ3n) is 3.21. The van der Waals surface area contributed by atoms with Crippen molar-refractivity contribution >= 4 is 17.6 Å². The van der Waals surface area contributed by atoms with E-state index in [-0.39, 0.29) is 16.8 Å². The summed E-state index contributed by atoms with van der Waals surface area (Å²) >= 11 is 0. The number of halogens is 2. The molecule has 1 aromatic heterocycles. The molecular weight excluding hydrogens is 300 g/mol. The van der Waals surface area contributed by atoms with Crippen molar-refractivity contribution in [1.82, 2.24) is 9.88 Å². The zero-order valence-electron chi connectivity index (χ0n) is 10.7. The Labute approximate surface area is 120 Å². The summed E-state index contributed by atoms with van der Waals surface area (Å²) in [5, 5.41) is 11.0. The van der Waals surface area contributed by atoms with E-state index in [0.717, 1.165) is 6.07 Å². The van der Waals surface area contributed by atoms with E-state index >= 15 is 0 Å². The van der Waals surface area contributed by atoms with Crippen molar-refractivity contribution in [2.75, 3.05) is 5.73 Å². The number of pyridine rings is 1. The van der Waals surface area contributed by atoms with Crippen LogP contribution in [0.15, 0.2) is 23.0 Å². The second-order valence-electron chi connectivity index (χ2n) is 4.53. The first-order valence-electron chi connectivity index (χ1n) is 5.91. The van der Waals surface area contributed by atoms with Crippen LogP contribution in [0.25, 0.3) is 5.69 Å². The summed E-state index contributed by atoms with van der Waals surface area (Å²) in [5.41, 5.74) is 4.06. The first-order valence-corrected chi connectivity index (χ1v) is 5.91. The average molecular weight is 307 g/mol. The number of nitrogens with one attached hydrogen (secondary N) is 1. The highest BCUT2D eigenvalue weighted by Gasteiger charge is 2.32. The minimum absolute atomic E-state index is 0.205. The van der Waals surface area contributed by atoms with E-state index in [0.29, 0.717) is 16.7 Å². The number of aromatic hydroxyl groups is 1. The van der Waals surface area contributed by atoms with Gasteiger partial charge in [0.25, 0.3) is 17.4 Å². The van der Waals surface area contributed by atoms with Gasteiger partial charge in [-0.2, -0.15) is 0 Å². The molecule has 2 amide bonds. The van der Waals surface area contributed by atoms with Crippen LogP contribution in [-0.4, -0.2) is 21.5 Å². The lowest BCUT2D eigenvalue weighted by Gasteiger charge is -2.12. The van der Waals surface area contributed by atoms with Gasteiger partial charge < -0.3 is 10.8 Å². The molecule has 22 heavy (non-hydrogen) atoms. The Morgan fingerprint density at radius 1 is 1.05 bits per heavy atom. The number of nitrogen functional groups attached to an aromatic ring is 1. The van der Waals surface area contributed by atoms with E-state index in [2.05, 4.69) is 0 Å². The number of nitrogens with zero attached hydrogens (tertiary/aromatic N) is 1. The molecule has 3 rings (SSSR count). The van der Waals surface area contributed by atoms with Gasteiger partial charge in [-0.3, -0.25) is 24.3 Å². The van der Waals surface area contributed by atoms with Crippen molar-refractivity contribution in [3.8, 4) is 11.4 Å². The molecule has 112 valence electrons. The first-order chi connectivity index (χ1) is 10.3. The second kappa shape index (κ2) is 4.38. The number of carbonyl (C=O) groups is 2. The molecule has 1 aliphatic heterocycles. The molecule has 1 aromatic carbocycles. The maximum absolute atomic E-state index is 13.4. The fraction of sp³-hybridized carbons (Fsp3) is 0. The zero-order chi connectivity index (χ0) is 16.2. The van der Waals surface area contributed by atoms with Crippen LogP contribution in [0.2, 0.25) is 0 Å². The van der Waals surface area contributed by atoms with Gasteiger partial charge in [-0.25, -0.2) is 8.78 Å². The number of phenols is 1. The molecule has 0 saturated carbocycles. The van der Waals surface area contributed by atoms with Gasteiger partial charge in [-0.05, 0) is 0 Å². The smallest absolute Gasteiger partial charge is 0.262 e. The Hall–Kier alpha value is -3.23. The average Bonchev–Trinajstić information content (AvgIpc) is 2.71. The number of nitrogens with two attached hydrogens (primary N) is 1. The standard InChI is InChI=1S/C13H7F2N3O4/c14-6-1-4(2-7(15)10(6)20)18-8(19)3-5-9(11(18)16)13(22)17-12(5)21/h1-3,20H,16H2,(H,17,21,22). The zero-order valence-corrected chi connectivity index (χ0v) is 10.7. The van der Waals surface area contributed by atoms with Crippen LogP contribution in [0.4, 0.5) is 14.6 Å². The molecule has 4 N–H and O–H groups in total. The van der Waals surface area contributed by atoms with Crippen molar-refractivity contribution in [3.63, 3.8) is 0 Å². The van der Waals surface area contributed by atoms with E-state index in [4.69, 9.17) is 10.8 Å². The summed E-state index contributed by atoms with van der Waals surface area (Å²) in [5.74, 6) is -5.84. The molecule has 2 heterocycles. The third-order valence-corrected chi connectivity index (χ3v) is 3.21. The summed E-state index contributed by atoms with van der Waals surface area (Å²) in [6, 6.07) is 2.20. The number of benzene rings is 1. The fourth-order valence-electron chi connectivity index (χ4n) is 2.23. The fourth-order valence-corrected chi connectivity index (χ4v) is 2.23. The van der Waals surface area contributed by atoms with Gasteiger partial charge in [-0.15, -0.1) is 0 Å². The van der Waals surface area contributed by atoms with E-state index < -0.39 is 40.6 Å². The number of rotatable bonds is 1. The van der Waals surface area contributed by atoms with Crippen molar-refractivity contribution in [1.29, 1.82) is 0 Å². The summed E-state index contributed by atoms with van der Waals surface area (Å²) < 4.78 is 27.5. The van der Waals surface area contributed by atoms with Crippen molar-refractivity contribution in [2.45, 2.75) is 0 Å². The Bertz CT molecular complexity index is 897. The minimum Gasteiger partial charge on any atom is -0.503 e. The van der Waals surface area contributed by atoms with Gasteiger partial charge in [0.15, 0.2) is 17.4 Å². The van der Waals surface area contributed by atoms with Crippen molar-refractivity contribution < 1.29 is 23.5 Å². The number of imide groups is 1. The van der Waals surface area contributed by atoms with Gasteiger partial charge in [-0.1, -0.05) is 0 Å². The highest BCUT2D eigenvalue weighted by atomic mass is 19.1. The molecule has 0 fully saturated rings. The number of carbonyl (C=O) groups excluding carboxylic acids is 2. The number of aromatic nitrogens is 1. The molecule has 0 unspecified atom stereocenters. The minimum atomic E-state index is -1.30. The molecule has 0 radical (unpaired) electrons. The van der Waals surface area contributed by atoms with Gasteiger partial charge in [0.1, 0.15) is 5.82 Å². The number of hydrogen-bond donors (Lipinski definition) is 3. The third kappa shape index (κ3) is 1.75. The topological polar surface area (TPSA) is 114 Å². The van der Waals surface area contributed by atoms with Crippen LogP contribution in [0.1, 0.15) is 20.7 Å². The van der Waals surface area contributed by atoms with Crippen LogP contribution in [-0.2, 0) is 0 Å². The Kier molecular flexibility index (Phi) is 2.74. The second-order valence-corrected chi connectivity index (χ2v) is 4.53. The van der Waals surface area contributed by atoms with E-state index in [1.165, 1.54) is 0 Å². The number of fused-ring (bicyclic) bond motifs is 1. The molecule has 0 saturated heterocycles. The van der Waals surface area contributed by atoms with Crippen LogP contribution >= 0.6 is 0 Å². The number of hydrogen-bond acceptors (Lipinski definition) is 5. The van der Waals surface area contributed by atoms with E-state index in [1.54, 1.807) is 0 Å². The summed E-state index contributed by atoms with van der Waals surface area (Å²) in [7, 11) is 0. The van der Waals surface area contributed by atoms with Crippen LogP contribution in [0, 0.1) is 11.6 Å². The van der Waals surface area contributed by atoms with Gasteiger partial charge >= 0.3 is 0 Å².